The number of rotatable bonds is 2. The minimum Gasteiger partial charge on any atom is -0.443 e. The first kappa shape index (κ1) is 14.5. The summed E-state index contributed by atoms with van der Waals surface area (Å²) in [7, 11) is 1.90. The van der Waals surface area contributed by atoms with Crippen LogP contribution in [0.2, 0.25) is 0 Å². The molecule has 0 unspecified atom stereocenters. The fourth-order valence-corrected chi connectivity index (χ4v) is 1.54. The fourth-order valence-electron chi connectivity index (χ4n) is 1.54. The number of hydrogen-bond acceptors (Lipinski definition) is 3. The van der Waals surface area contributed by atoms with Crippen molar-refractivity contribution < 1.29 is 9.53 Å². The van der Waals surface area contributed by atoms with Gasteiger partial charge < -0.3 is 4.74 Å². The monoisotopic (exact) mass is 248 g/mol. The van der Waals surface area contributed by atoms with Crippen molar-refractivity contribution in [2.75, 3.05) is 4.90 Å². The molecule has 0 bridgehead atoms. The molecule has 0 aromatic carbocycles. The Kier molecular flexibility index (Phi) is 4.38. The Morgan fingerprint density at radius 3 is 2.44 bits per heavy atom. The van der Waals surface area contributed by atoms with Crippen LogP contribution >= 0.6 is 0 Å². The van der Waals surface area contributed by atoms with Gasteiger partial charge in [0.2, 0.25) is 0 Å². The number of amides is 1. The third-order valence-electron chi connectivity index (χ3n) is 2.23. The summed E-state index contributed by atoms with van der Waals surface area (Å²) in [6.07, 6.45) is -0.365. The molecule has 5 heteroatoms. The first-order valence-electron chi connectivity index (χ1n) is 6.16. The lowest BCUT2D eigenvalue weighted by molar-refractivity contribution is 0.0569. The Morgan fingerprint density at radius 1 is 1.39 bits per heavy atom. The molecule has 0 spiro atoms. The van der Waals surface area contributed by atoms with Crippen LogP contribution in [-0.4, -0.2) is 30.6 Å². The van der Waals surface area contributed by atoms with Crippen LogP contribution < -0.4 is 10.5 Å². The molecule has 4 nitrogen and oxygen atoms in total. The molecule has 0 aliphatic heterocycles. The molecule has 0 aliphatic rings. The molecule has 1 aromatic rings. The average molecular weight is 248 g/mol. The van der Waals surface area contributed by atoms with Crippen molar-refractivity contribution in [1.29, 1.82) is 0 Å². The Morgan fingerprint density at radius 2 is 2.00 bits per heavy atom. The van der Waals surface area contributed by atoms with Gasteiger partial charge in [-0.2, -0.15) is 0 Å². The molecule has 1 heterocycles. The molecular weight excluding hydrogens is 227 g/mol. The zero-order valence-corrected chi connectivity index (χ0v) is 12.0. The van der Waals surface area contributed by atoms with E-state index in [0.29, 0.717) is 5.82 Å². The topological polar surface area (TPSA) is 42.4 Å². The maximum Gasteiger partial charge on any atom is 0.416 e. The molecule has 0 radical (unpaired) electrons. The Balaban J connectivity index is 3.00. The van der Waals surface area contributed by atoms with Crippen molar-refractivity contribution in [2.45, 2.75) is 46.3 Å². The number of hydrogen-bond donors (Lipinski definition) is 0. The van der Waals surface area contributed by atoms with Crippen LogP contribution in [0.25, 0.3) is 0 Å². The Bertz CT molecular complexity index is 427. The second-order valence-corrected chi connectivity index (χ2v) is 5.58. The average Bonchev–Trinajstić information content (AvgIpc) is 2.13. The minimum atomic E-state index is -0.506. The normalized spacial score (nSPS) is 11.4. The van der Waals surface area contributed by atoms with Gasteiger partial charge in [-0.25, -0.2) is 9.78 Å². The molecule has 1 aromatic heterocycles. The lowest BCUT2D eigenvalue weighted by atomic mass is 10.0. The molecule has 0 fully saturated rings. The third kappa shape index (κ3) is 4.06. The van der Waals surface area contributed by atoms with Crippen molar-refractivity contribution in [3.63, 3.8) is 0 Å². The summed E-state index contributed by atoms with van der Waals surface area (Å²) < 4.78 is 5.40. The van der Waals surface area contributed by atoms with Crippen LogP contribution in [0.15, 0.2) is 18.2 Å². The summed E-state index contributed by atoms with van der Waals surface area (Å²) in [5, 5.41) is 0. The standard InChI is InChI=1S/C13H21BN2O2/c1-9(2)16(12(17)18-13(3,4)5)11-8-6-7-10(14)15-11/h6-9H,14H2,1-5H3. The smallest absolute Gasteiger partial charge is 0.416 e. The van der Waals surface area contributed by atoms with E-state index in [1.165, 1.54) is 0 Å². The van der Waals surface area contributed by atoms with Crippen LogP contribution in [0, 0.1) is 0 Å². The van der Waals surface area contributed by atoms with E-state index >= 15 is 0 Å². The van der Waals surface area contributed by atoms with E-state index in [-0.39, 0.29) is 12.1 Å². The van der Waals surface area contributed by atoms with E-state index in [2.05, 4.69) is 4.98 Å². The van der Waals surface area contributed by atoms with Gasteiger partial charge in [-0.15, -0.1) is 0 Å². The molecule has 0 atom stereocenters. The van der Waals surface area contributed by atoms with Gasteiger partial charge in [-0.05, 0) is 46.3 Å². The van der Waals surface area contributed by atoms with Crippen LogP contribution in [-0.2, 0) is 4.74 Å². The predicted octanol–water partition coefficient (Wildman–Crippen LogP) is 1.49. The van der Waals surface area contributed by atoms with Crippen molar-refractivity contribution >= 4 is 25.4 Å². The van der Waals surface area contributed by atoms with Crippen molar-refractivity contribution in [2.24, 2.45) is 0 Å². The lowest BCUT2D eigenvalue weighted by Crippen LogP contribution is -2.42. The van der Waals surface area contributed by atoms with Crippen LogP contribution in [0.4, 0.5) is 10.6 Å². The number of carbonyl (C=O) groups excluding carboxylic acids is 1. The number of carbonyl (C=O) groups is 1. The maximum atomic E-state index is 12.2. The van der Waals surface area contributed by atoms with Gasteiger partial charge in [0, 0.05) is 6.04 Å². The first-order chi connectivity index (χ1) is 8.20. The summed E-state index contributed by atoms with van der Waals surface area (Å²) in [4.78, 5) is 18.1. The number of ether oxygens (including phenoxy) is 1. The quantitative estimate of drug-likeness (QED) is 0.744. The zero-order valence-electron chi connectivity index (χ0n) is 12.0. The summed E-state index contributed by atoms with van der Waals surface area (Å²) in [6, 6.07) is 5.60. The second kappa shape index (κ2) is 5.42. The van der Waals surface area contributed by atoms with E-state index in [1.807, 2.05) is 60.7 Å². The number of aromatic nitrogens is 1. The molecule has 18 heavy (non-hydrogen) atoms. The Hall–Kier alpha value is -1.52. The van der Waals surface area contributed by atoms with Gasteiger partial charge in [-0.3, -0.25) is 4.90 Å². The largest absolute Gasteiger partial charge is 0.443 e. The van der Waals surface area contributed by atoms with Gasteiger partial charge in [-0.1, -0.05) is 12.1 Å². The summed E-state index contributed by atoms with van der Waals surface area (Å²) in [5.74, 6) is 0.624. The van der Waals surface area contributed by atoms with Gasteiger partial charge >= 0.3 is 6.09 Å². The van der Waals surface area contributed by atoms with E-state index < -0.39 is 5.60 Å². The Labute approximate surface area is 110 Å². The maximum absolute atomic E-state index is 12.2. The highest BCUT2D eigenvalue weighted by molar-refractivity contribution is 6.30. The molecule has 98 valence electrons. The summed E-state index contributed by atoms with van der Waals surface area (Å²) in [5.41, 5.74) is 0.371. The van der Waals surface area contributed by atoms with E-state index in [0.717, 1.165) is 5.59 Å². The van der Waals surface area contributed by atoms with Crippen molar-refractivity contribution in [3.8, 4) is 0 Å². The fraction of sp³-hybridized carbons (Fsp3) is 0.538. The van der Waals surface area contributed by atoms with Gasteiger partial charge in [0.15, 0.2) is 7.85 Å². The predicted molar refractivity (Wildman–Crippen MR) is 76.3 cm³/mol. The van der Waals surface area contributed by atoms with Crippen molar-refractivity contribution in [1.82, 2.24) is 4.98 Å². The van der Waals surface area contributed by atoms with E-state index in [4.69, 9.17) is 4.74 Å². The van der Waals surface area contributed by atoms with E-state index in [1.54, 1.807) is 4.90 Å². The summed E-state index contributed by atoms with van der Waals surface area (Å²) >= 11 is 0. The van der Waals surface area contributed by atoms with Gasteiger partial charge in [0.25, 0.3) is 0 Å². The highest BCUT2D eigenvalue weighted by Gasteiger charge is 2.26. The first-order valence-corrected chi connectivity index (χ1v) is 6.16. The molecule has 0 aliphatic carbocycles. The molecule has 0 N–H and O–H groups in total. The second-order valence-electron chi connectivity index (χ2n) is 5.58. The molecular formula is C13H21BN2O2. The highest BCUT2D eigenvalue weighted by atomic mass is 16.6. The van der Waals surface area contributed by atoms with Gasteiger partial charge in [0.05, 0.1) is 0 Å². The van der Waals surface area contributed by atoms with Crippen LogP contribution in [0.1, 0.15) is 34.6 Å². The minimum absolute atomic E-state index is 0.00542. The van der Waals surface area contributed by atoms with E-state index in [9.17, 15) is 4.79 Å². The number of pyridine rings is 1. The van der Waals surface area contributed by atoms with Crippen LogP contribution in [0.5, 0.6) is 0 Å². The molecule has 1 amide bonds. The van der Waals surface area contributed by atoms with Crippen molar-refractivity contribution in [3.05, 3.63) is 18.2 Å². The number of anilines is 1. The lowest BCUT2D eigenvalue weighted by Gasteiger charge is -2.29. The molecule has 0 saturated carbocycles. The zero-order chi connectivity index (χ0) is 13.9. The number of nitrogens with zero attached hydrogens (tertiary/aromatic N) is 2. The highest BCUT2D eigenvalue weighted by Crippen LogP contribution is 2.17. The van der Waals surface area contributed by atoms with Crippen LogP contribution in [0.3, 0.4) is 0 Å². The molecule has 1 rings (SSSR count). The third-order valence-corrected chi connectivity index (χ3v) is 2.23. The van der Waals surface area contributed by atoms with Gasteiger partial charge in [0.1, 0.15) is 11.4 Å². The molecule has 0 saturated heterocycles. The SMILES string of the molecule is Bc1cccc(N(C(=O)OC(C)(C)C)C(C)C)n1. The summed E-state index contributed by atoms with van der Waals surface area (Å²) in [6.45, 7) is 9.44.